The van der Waals surface area contributed by atoms with Crippen LogP contribution in [-0.4, -0.2) is 84.3 Å². The summed E-state index contributed by atoms with van der Waals surface area (Å²) in [5.41, 5.74) is 4.54. The molecule has 250 valence electrons. The number of carbonyl (C=O) groups excluding carboxylic acids is 1. The standard InChI is InChI=1S/C35H37F3N8O2/c1-3-43-10-12-44(13-11-43)20-26-5-4-24(14-31(26)35(36,37)38)15-33(47)45-9-8-25-6-7-30(16-27(25)21-45)48-34-32-17-28(22-46(32)41-23-39-34)29-18-40-42(2)19-29/h4-7,14,16-19,22-23H,3,8-13,15,20-21H2,1-2H3. The second kappa shape index (κ2) is 13.0. The number of hydrogen-bond donors (Lipinski definition) is 0. The number of alkyl halides is 3. The van der Waals surface area contributed by atoms with Gasteiger partial charge in [0.25, 0.3) is 0 Å². The predicted molar refractivity (Wildman–Crippen MR) is 173 cm³/mol. The number of halogens is 3. The average molecular weight is 659 g/mol. The number of rotatable bonds is 8. The Morgan fingerprint density at radius 2 is 1.73 bits per heavy atom. The lowest BCUT2D eigenvalue weighted by Gasteiger charge is -2.34. The third-order valence-corrected chi connectivity index (χ3v) is 9.31. The second-order valence-electron chi connectivity index (χ2n) is 12.5. The van der Waals surface area contributed by atoms with E-state index in [9.17, 15) is 18.0 Å². The molecule has 3 aromatic heterocycles. The van der Waals surface area contributed by atoms with Crippen LogP contribution in [0.2, 0.25) is 0 Å². The van der Waals surface area contributed by atoms with Gasteiger partial charge in [-0.2, -0.15) is 28.4 Å². The number of aryl methyl sites for hydroxylation is 1. The van der Waals surface area contributed by atoms with E-state index in [2.05, 4.69) is 31.9 Å². The van der Waals surface area contributed by atoms with Crippen LogP contribution in [0.3, 0.4) is 0 Å². The molecule has 1 fully saturated rings. The smallest absolute Gasteiger partial charge is 0.416 e. The van der Waals surface area contributed by atoms with Crippen molar-refractivity contribution in [1.82, 2.24) is 39.1 Å². The van der Waals surface area contributed by atoms with E-state index in [4.69, 9.17) is 4.74 Å². The molecule has 0 radical (unpaired) electrons. The fourth-order valence-electron chi connectivity index (χ4n) is 6.56. The molecule has 5 heterocycles. The Hall–Kier alpha value is -4.75. The van der Waals surface area contributed by atoms with Crippen molar-refractivity contribution in [2.24, 2.45) is 7.05 Å². The zero-order valence-corrected chi connectivity index (χ0v) is 27.0. The molecule has 1 saturated heterocycles. The Labute approximate surface area is 276 Å². The van der Waals surface area contributed by atoms with Crippen molar-refractivity contribution in [2.45, 2.75) is 39.0 Å². The normalized spacial score (nSPS) is 16.0. The number of nitrogens with zero attached hydrogens (tertiary/aromatic N) is 8. The summed E-state index contributed by atoms with van der Waals surface area (Å²) in [6.45, 7) is 7.28. The highest BCUT2D eigenvalue weighted by Gasteiger charge is 2.34. The molecular formula is C35H37F3N8O2. The summed E-state index contributed by atoms with van der Waals surface area (Å²) in [5.74, 6) is 0.738. The first kappa shape index (κ1) is 31.8. The Kier molecular flexibility index (Phi) is 8.65. The number of benzene rings is 2. The van der Waals surface area contributed by atoms with Gasteiger partial charge in [0.1, 0.15) is 17.6 Å². The molecule has 2 aliphatic rings. The Bertz CT molecular complexity index is 1940. The van der Waals surface area contributed by atoms with Crippen molar-refractivity contribution >= 4 is 11.4 Å². The molecule has 0 saturated carbocycles. The Balaban J connectivity index is 1.04. The minimum absolute atomic E-state index is 0.101. The number of piperazine rings is 1. The van der Waals surface area contributed by atoms with Gasteiger partial charge in [-0.3, -0.25) is 14.4 Å². The van der Waals surface area contributed by atoms with Crippen LogP contribution in [0, 0.1) is 0 Å². The first-order chi connectivity index (χ1) is 23.1. The van der Waals surface area contributed by atoms with Gasteiger partial charge < -0.3 is 14.5 Å². The van der Waals surface area contributed by atoms with Gasteiger partial charge in [-0.05, 0) is 59.5 Å². The lowest BCUT2D eigenvalue weighted by molar-refractivity contribution is -0.138. The van der Waals surface area contributed by atoms with E-state index in [1.165, 1.54) is 6.33 Å². The fourth-order valence-corrected chi connectivity index (χ4v) is 6.56. The molecule has 7 rings (SSSR count). The molecule has 1 amide bonds. The van der Waals surface area contributed by atoms with Crippen LogP contribution >= 0.6 is 0 Å². The van der Waals surface area contributed by atoms with Crippen LogP contribution in [-0.2, 0) is 43.9 Å². The maximum Gasteiger partial charge on any atom is 0.416 e. The number of fused-ring (bicyclic) bond motifs is 2. The van der Waals surface area contributed by atoms with Crippen molar-refractivity contribution in [3.63, 3.8) is 0 Å². The largest absolute Gasteiger partial charge is 0.437 e. The lowest BCUT2D eigenvalue weighted by atomic mass is 9.97. The van der Waals surface area contributed by atoms with Crippen LogP contribution in [0.4, 0.5) is 13.2 Å². The predicted octanol–water partition coefficient (Wildman–Crippen LogP) is 5.21. The van der Waals surface area contributed by atoms with Gasteiger partial charge in [0.2, 0.25) is 11.8 Å². The van der Waals surface area contributed by atoms with Gasteiger partial charge in [0, 0.05) is 76.4 Å². The molecule has 2 aliphatic heterocycles. The van der Waals surface area contributed by atoms with Crippen LogP contribution in [0.15, 0.2) is 67.4 Å². The van der Waals surface area contributed by atoms with E-state index in [-0.39, 0.29) is 24.4 Å². The van der Waals surface area contributed by atoms with E-state index in [0.29, 0.717) is 42.2 Å². The zero-order chi connectivity index (χ0) is 33.4. The minimum atomic E-state index is -4.50. The van der Waals surface area contributed by atoms with E-state index in [0.717, 1.165) is 61.0 Å². The van der Waals surface area contributed by atoms with Crippen LogP contribution in [0.1, 0.15) is 34.7 Å². The fraction of sp³-hybridized carbons (Fsp3) is 0.371. The highest BCUT2D eigenvalue weighted by atomic mass is 19.4. The molecule has 0 unspecified atom stereocenters. The summed E-state index contributed by atoms with van der Waals surface area (Å²) < 4.78 is 52.2. The molecule has 13 heteroatoms. The summed E-state index contributed by atoms with van der Waals surface area (Å²) in [4.78, 5) is 23.8. The zero-order valence-electron chi connectivity index (χ0n) is 27.0. The highest BCUT2D eigenvalue weighted by Crippen LogP contribution is 2.35. The second-order valence-corrected chi connectivity index (χ2v) is 12.5. The first-order valence-electron chi connectivity index (χ1n) is 16.2. The monoisotopic (exact) mass is 658 g/mol. The van der Waals surface area contributed by atoms with E-state index >= 15 is 0 Å². The lowest BCUT2D eigenvalue weighted by Crippen LogP contribution is -2.45. The number of ether oxygens (including phenoxy) is 1. The van der Waals surface area contributed by atoms with Crippen LogP contribution in [0.25, 0.3) is 16.6 Å². The molecule has 0 N–H and O–H groups in total. The maximum absolute atomic E-state index is 14.2. The van der Waals surface area contributed by atoms with Crippen molar-refractivity contribution < 1.29 is 22.7 Å². The third-order valence-electron chi connectivity index (χ3n) is 9.31. The summed E-state index contributed by atoms with van der Waals surface area (Å²) in [5, 5.41) is 8.55. The van der Waals surface area contributed by atoms with Crippen molar-refractivity contribution in [3.05, 3.63) is 95.2 Å². The van der Waals surface area contributed by atoms with Crippen molar-refractivity contribution in [1.29, 1.82) is 0 Å². The number of likely N-dealkylation sites (N-methyl/N-ethyl adjacent to an activating group) is 1. The minimum Gasteiger partial charge on any atom is -0.437 e. The molecule has 2 aromatic carbocycles. The van der Waals surface area contributed by atoms with Gasteiger partial charge in [-0.1, -0.05) is 25.1 Å². The first-order valence-corrected chi connectivity index (χ1v) is 16.2. The quantitative estimate of drug-likeness (QED) is 0.227. The van der Waals surface area contributed by atoms with Gasteiger partial charge in [-0.15, -0.1) is 0 Å². The number of amides is 1. The van der Waals surface area contributed by atoms with Gasteiger partial charge in [0.15, 0.2) is 0 Å². The van der Waals surface area contributed by atoms with Gasteiger partial charge in [0.05, 0.1) is 18.2 Å². The van der Waals surface area contributed by atoms with E-state index < -0.39 is 11.7 Å². The van der Waals surface area contributed by atoms with Gasteiger partial charge in [-0.25, -0.2) is 4.52 Å². The Morgan fingerprint density at radius 3 is 2.48 bits per heavy atom. The Morgan fingerprint density at radius 1 is 0.917 bits per heavy atom. The van der Waals surface area contributed by atoms with E-state index in [1.807, 2.05) is 43.7 Å². The molecule has 48 heavy (non-hydrogen) atoms. The van der Waals surface area contributed by atoms with E-state index in [1.54, 1.807) is 32.4 Å². The summed E-state index contributed by atoms with van der Waals surface area (Å²) in [6.07, 6.45) is 3.05. The molecule has 10 nitrogen and oxygen atoms in total. The molecule has 0 aliphatic carbocycles. The maximum atomic E-state index is 14.2. The molecule has 0 atom stereocenters. The highest BCUT2D eigenvalue weighted by molar-refractivity contribution is 5.79. The SMILES string of the molecule is CCN1CCN(Cc2ccc(CC(=O)N3CCc4ccc(Oc5ncnn6cc(-c7cnn(C)c7)cc56)cc4C3)cc2C(F)(F)F)CC1. The summed E-state index contributed by atoms with van der Waals surface area (Å²) >= 11 is 0. The number of hydrogen-bond acceptors (Lipinski definition) is 7. The van der Waals surface area contributed by atoms with Crippen LogP contribution in [0.5, 0.6) is 11.6 Å². The molecule has 0 bridgehead atoms. The molecule has 0 spiro atoms. The summed E-state index contributed by atoms with van der Waals surface area (Å²) in [6, 6.07) is 12.1. The topological polar surface area (TPSA) is 84.0 Å². The summed E-state index contributed by atoms with van der Waals surface area (Å²) in [7, 11) is 1.86. The van der Waals surface area contributed by atoms with Crippen molar-refractivity contribution in [3.8, 4) is 22.8 Å². The molecule has 5 aromatic rings. The van der Waals surface area contributed by atoms with Gasteiger partial charge >= 0.3 is 6.18 Å². The number of carbonyl (C=O) groups is 1. The third kappa shape index (κ3) is 6.78. The molecular weight excluding hydrogens is 621 g/mol. The van der Waals surface area contributed by atoms with Crippen molar-refractivity contribution in [2.75, 3.05) is 39.3 Å². The van der Waals surface area contributed by atoms with Crippen LogP contribution < -0.4 is 4.74 Å². The number of aromatic nitrogens is 5. The average Bonchev–Trinajstić information content (AvgIpc) is 3.72.